The lowest BCUT2D eigenvalue weighted by molar-refractivity contribution is 0.102. The summed E-state index contributed by atoms with van der Waals surface area (Å²) in [5, 5.41) is 9.63. The number of nitrogens with zero attached hydrogens (tertiary/aromatic N) is 1. The van der Waals surface area contributed by atoms with E-state index in [1.54, 1.807) is 6.92 Å². The highest BCUT2D eigenvalue weighted by molar-refractivity contribution is 9.10. The summed E-state index contributed by atoms with van der Waals surface area (Å²) in [6.45, 7) is 3.64. The third kappa shape index (κ3) is 2.55. The smallest absolute Gasteiger partial charge is 0.259 e. The van der Waals surface area contributed by atoms with Crippen LogP contribution in [0.2, 0.25) is 0 Å². The largest absolute Gasteiger partial charge is 0.322 e. The molecule has 2 N–H and O–H groups in total. The summed E-state index contributed by atoms with van der Waals surface area (Å²) >= 11 is 3.35. The van der Waals surface area contributed by atoms with Crippen molar-refractivity contribution in [3.05, 3.63) is 45.7 Å². The van der Waals surface area contributed by atoms with Crippen LogP contribution in [0.4, 0.5) is 5.69 Å². The van der Waals surface area contributed by atoms with Crippen molar-refractivity contribution in [1.82, 2.24) is 10.2 Å². The standard InChI is InChI=1S/C12H12BrN3O/c1-7-11(8(2)16-15-7)12(17)14-10-5-3-9(13)4-6-10/h3-6H,1-2H3,(H,14,17)(H,15,16). The molecule has 1 amide bonds. The first-order valence-corrected chi connectivity index (χ1v) is 5.95. The molecule has 0 saturated carbocycles. The van der Waals surface area contributed by atoms with Crippen molar-refractivity contribution in [3.63, 3.8) is 0 Å². The maximum Gasteiger partial charge on any atom is 0.259 e. The minimum absolute atomic E-state index is 0.143. The summed E-state index contributed by atoms with van der Waals surface area (Å²) in [6.07, 6.45) is 0. The van der Waals surface area contributed by atoms with Crippen LogP contribution in [0.25, 0.3) is 0 Å². The second kappa shape index (κ2) is 4.71. The molecule has 2 aromatic rings. The number of aromatic amines is 1. The summed E-state index contributed by atoms with van der Waals surface area (Å²) in [6, 6.07) is 7.44. The molecular formula is C12H12BrN3O. The third-order valence-electron chi connectivity index (χ3n) is 2.46. The van der Waals surface area contributed by atoms with E-state index in [1.807, 2.05) is 31.2 Å². The monoisotopic (exact) mass is 293 g/mol. The predicted octanol–water partition coefficient (Wildman–Crippen LogP) is 3.04. The van der Waals surface area contributed by atoms with Crippen molar-refractivity contribution in [3.8, 4) is 0 Å². The topological polar surface area (TPSA) is 57.8 Å². The Labute approximate surface area is 108 Å². The second-order valence-electron chi connectivity index (χ2n) is 3.77. The Morgan fingerprint density at radius 1 is 1.29 bits per heavy atom. The molecule has 0 spiro atoms. The molecular weight excluding hydrogens is 282 g/mol. The molecule has 17 heavy (non-hydrogen) atoms. The van der Waals surface area contributed by atoms with E-state index in [1.165, 1.54) is 0 Å². The molecule has 0 aliphatic heterocycles. The zero-order valence-electron chi connectivity index (χ0n) is 9.54. The van der Waals surface area contributed by atoms with Gasteiger partial charge in [0.15, 0.2) is 0 Å². The number of nitrogens with one attached hydrogen (secondary N) is 2. The third-order valence-corrected chi connectivity index (χ3v) is 2.99. The predicted molar refractivity (Wildman–Crippen MR) is 70.2 cm³/mol. The number of carbonyl (C=O) groups excluding carboxylic acids is 1. The molecule has 0 bridgehead atoms. The van der Waals surface area contributed by atoms with Crippen LogP contribution >= 0.6 is 15.9 Å². The summed E-state index contributed by atoms with van der Waals surface area (Å²) in [5.41, 5.74) is 2.85. The van der Waals surface area contributed by atoms with Crippen molar-refractivity contribution < 1.29 is 4.79 Å². The number of benzene rings is 1. The Kier molecular flexibility index (Phi) is 3.28. The van der Waals surface area contributed by atoms with Crippen LogP contribution in [0.3, 0.4) is 0 Å². The van der Waals surface area contributed by atoms with Crippen molar-refractivity contribution in [2.75, 3.05) is 5.32 Å². The van der Waals surface area contributed by atoms with E-state index in [4.69, 9.17) is 0 Å². The molecule has 5 heteroatoms. The summed E-state index contributed by atoms with van der Waals surface area (Å²) in [5.74, 6) is -0.143. The van der Waals surface area contributed by atoms with Gasteiger partial charge < -0.3 is 5.32 Å². The molecule has 2 rings (SSSR count). The van der Waals surface area contributed by atoms with E-state index in [2.05, 4.69) is 31.4 Å². The van der Waals surface area contributed by atoms with Crippen molar-refractivity contribution >= 4 is 27.5 Å². The molecule has 1 heterocycles. The number of hydrogen-bond donors (Lipinski definition) is 2. The quantitative estimate of drug-likeness (QED) is 0.894. The normalized spacial score (nSPS) is 10.3. The highest BCUT2D eigenvalue weighted by atomic mass is 79.9. The number of anilines is 1. The van der Waals surface area contributed by atoms with Gasteiger partial charge in [-0.05, 0) is 38.1 Å². The number of halogens is 1. The molecule has 0 unspecified atom stereocenters. The van der Waals surface area contributed by atoms with Crippen LogP contribution in [-0.4, -0.2) is 16.1 Å². The number of H-pyrrole nitrogens is 1. The van der Waals surface area contributed by atoms with E-state index < -0.39 is 0 Å². The van der Waals surface area contributed by atoms with E-state index in [0.29, 0.717) is 11.3 Å². The maximum atomic E-state index is 12.0. The first kappa shape index (κ1) is 11.9. The SMILES string of the molecule is Cc1n[nH]c(C)c1C(=O)Nc1ccc(Br)cc1. The van der Waals surface area contributed by atoms with Crippen LogP contribution < -0.4 is 5.32 Å². The molecule has 0 aliphatic carbocycles. The van der Waals surface area contributed by atoms with Gasteiger partial charge in [0.1, 0.15) is 0 Å². The average Bonchev–Trinajstić information content (AvgIpc) is 2.62. The van der Waals surface area contributed by atoms with Gasteiger partial charge in [-0.15, -0.1) is 0 Å². The van der Waals surface area contributed by atoms with Gasteiger partial charge in [0, 0.05) is 15.9 Å². The van der Waals surface area contributed by atoms with Crippen molar-refractivity contribution in [1.29, 1.82) is 0 Å². The first-order valence-electron chi connectivity index (χ1n) is 5.16. The van der Waals surface area contributed by atoms with Gasteiger partial charge >= 0.3 is 0 Å². The van der Waals surface area contributed by atoms with E-state index in [-0.39, 0.29) is 5.91 Å². The summed E-state index contributed by atoms with van der Waals surface area (Å²) in [7, 11) is 0. The Morgan fingerprint density at radius 2 is 1.94 bits per heavy atom. The van der Waals surface area contributed by atoms with Crippen LogP contribution in [0, 0.1) is 13.8 Å². The fourth-order valence-electron chi connectivity index (χ4n) is 1.61. The molecule has 88 valence electrons. The minimum atomic E-state index is -0.143. The minimum Gasteiger partial charge on any atom is -0.322 e. The van der Waals surface area contributed by atoms with E-state index in [0.717, 1.165) is 15.9 Å². The number of amides is 1. The average molecular weight is 294 g/mol. The van der Waals surface area contributed by atoms with Crippen molar-refractivity contribution in [2.45, 2.75) is 13.8 Å². The summed E-state index contributed by atoms with van der Waals surface area (Å²) < 4.78 is 0.978. The lowest BCUT2D eigenvalue weighted by atomic mass is 10.2. The van der Waals surface area contributed by atoms with Crippen molar-refractivity contribution in [2.24, 2.45) is 0 Å². The Morgan fingerprint density at radius 3 is 2.47 bits per heavy atom. The van der Waals surface area contributed by atoms with E-state index >= 15 is 0 Å². The molecule has 0 fully saturated rings. The zero-order chi connectivity index (χ0) is 12.4. The number of hydrogen-bond acceptors (Lipinski definition) is 2. The molecule has 1 aromatic heterocycles. The van der Waals surface area contributed by atoms with Crippen LogP contribution in [0.1, 0.15) is 21.7 Å². The second-order valence-corrected chi connectivity index (χ2v) is 4.69. The lowest BCUT2D eigenvalue weighted by Crippen LogP contribution is -2.13. The van der Waals surface area contributed by atoms with Gasteiger partial charge in [-0.3, -0.25) is 9.89 Å². The molecule has 4 nitrogen and oxygen atoms in total. The summed E-state index contributed by atoms with van der Waals surface area (Å²) in [4.78, 5) is 12.0. The fourth-order valence-corrected chi connectivity index (χ4v) is 1.88. The number of aromatic nitrogens is 2. The zero-order valence-corrected chi connectivity index (χ0v) is 11.1. The van der Waals surface area contributed by atoms with Gasteiger partial charge in [-0.1, -0.05) is 15.9 Å². The molecule has 0 saturated heterocycles. The highest BCUT2D eigenvalue weighted by Gasteiger charge is 2.14. The number of rotatable bonds is 2. The van der Waals surface area contributed by atoms with Gasteiger partial charge in [-0.2, -0.15) is 5.10 Å². The Bertz CT molecular complexity index is 526. The van der Waals surface area contributed by atoms with Gasteiger partial charge in [-0.25, -0.2) is 0 Å². The molecule has 0 radical (unpaired) electrons. The number of aryl methyl sites for hydroxylation is 2. The Hall–Kier alpha value is -1.62. The molecule has 0 aliphatic rings. The molecule has 0 atom stereocenters. The van der Waals surface area contributed by atoms with Crippen LogP contribution in [-0.2, 0) is 0 Å². The van der Waals surface area contributed by atoms with Gasteiger partial charge in [0.2, 0.25) is 0 Å². The van der Waals surface area contributed by atoms with Gasteiger partial charge in [0.05, 0.1) is 11.3 Å². The van der Waals surface area contributed by atoms with Crippen LogP contribution in [0.5, 0.6) is 0 Å². The van der Waals surface area contributed by atoms with Gasteiger partial charge in [0.25, 0.3) is 5.91 Å². The maximum absolute atomic E-state index is 12.0. The lowest BCUT2D eigenvalue weighted by Gasteiger charge is -2.05. The number of carbonyl (C=O) groups is 1. The van der Waals surface area contributed by atoms with E-state index in [9.17, 15) is 4.79 Å². The highest BCUT2D eigenvalue weighted by Crippen LogP contribution is 2.16. The Balaban J connectivity index is 2.20. The van der Waals surface area contributed by atoms with Crippen LogP contribution in [0.15, 0.2) is 28.7 Å². The first-order chi connectivity index (χ1) is 8.08. The molecule has 1 aromatic carbocycles. The fraction of sp³-hybridized carbons (Fsp3) is 0.167.